The second-order valence-corrected chi connectivity index (χ2v) is 7.92. The van der Waals surface area contributed by atoms with E-state index in [2.05, 4.69) is 15.9 Å². The molecule has 1 aromatic carbocycles. The van der Waals surface area contributed by atoms with Gasteiger partial charge in [-0.3, -0.25) is 4.79 Å². The first-order chi connectivity index (χ1) is 9.36. The average Bonchev–Trinajstić information content (AvgIpc) is 2.75. The molecule has 1 atom stereocenters. The number of sulfonamides is 1. The molecule has 1 amide bonds. The van der Waals surface area contributed by atoms with Gasteiger partial charge < -0.3 is 0 Å². The normalized spacial score (nSPS) is 19.6. The summed E-state index contributed by atoms with van der Waals surface area (Å²) in [6, 6.07) is 4.83. The minimum absolute atomic E-state index is 0.152. The predicted molar refractivity (Wildman–Crippen MR) is 80.8 cm³/mol. The van der Waals surface area contributed by atoms with E-state index in [1.54, 1.807) is 12.1 Å². The molecule has 0 saturated carbocycles. The van der Waals surface area contributed by atoms with Gasteiger partial charge in [-0.15, -0.1) is 0 Å². The number of nitrogens with zero attached hydrogens (tertiary/aromatic N) is 1. The summed E-state index contributed by atoms with van der Waals surface area (Å²) in [6.45, 7) is 4.18. The van der Waals surface area contributed by atoms with Crippen LogP contribution in [0.3, 0.4) is 0 Å². The SMILES string of the molecule is CCCC1CC(=O)N(S(=O)(=O)c2ccc(Br)c(C)c2)C1. The van der Waals surface area contributed by atoms with E-state index in [4.69, 9.17) is 0 Å². The van der Waals surface area contributed by atoms with Crippen LogP contribution in [0.15, 0.2) is 27.6 Å². The highest BCUT2D eigenvalue weighted by Gasteiger charge is 2.37. The van der Waals surface area contributed by atoms with Gasteiger partial charge in [-0.05, 0) is 43.0 Å². The Labute approximate surface area is 128 Å². The number of rotatable bonds is 4. The van der Waals surface area contributed by atoms with E-state index in [1.807, 2.05) is 13.8 Å². The van der Waals surface area contributed by atoms with Crippen molar-refractivity contribution >= 4 is 31.9 Å². The number of aryl methyl sites for hydroxylation is 1. The van der Waals surface area contributed by atoms with E-state index in [1.165, 1.54) is 6.07 Å². The predicted octanol–water partition coefficient (Wildman–Crippen LogP) is 3.09. The molecule has 0 aromatic heterocycles. The van der Waals surface area contributed by atoms with Crippen molar-refractivity contribution < 1.29 is 13.2 Å². The molecule has 2 rings (SSSR count). The number of amides is 1. The smallest absolute Gasteiger partial charge is 0.266 e. The van der Waals surface area contributed by atoms with Crippen LogP contribution in [-0.4, -0.2) is 25.2 Å². The minimum atomic E-state index is -3.72. The van der Waals surface area contributed by atoms with Gasteiger partial charge >= 0.3 is 0 Å². The highest BCUT2D eigenvalue weighted by atomic mass is 79.9. The number of hydrogen-bond acceptors (Lipinski definition) is 3. The van der Waals surface area contributed by atoms with Crippen LogP contribution < -0.4 is 0 Å². The van der Waals surface area contributed by atoms with Crippen molar-refractivity contribution in [3.05, 3.63) is 28.2 Å². The molecule has 0 radical (unpaired) electrons. The topological polar surface area (TPSA) is 54.5 Å². The first kappa shape index (κ1) is 15.5. The molecule has 1 fully saturated rings. The van der Waals surface area contributed by atoms with E-state index in [-0.39, 0.29) is 16.7 Å². The summed E-state index contributed by atoms with van der Waals surface area (Å²) in [5.41, 5.74) is 0.836. The number of carbonyl (C=O) groups excluding carboxylic acids is 1. The van der Waals surface area contributed by atoms with Gasteiger partial charge in [0.1, 0.15) is 0 Å². The number of carbonyl (C=O) groups is 1. The molecule has 0 bridgehead atoms. The van der Waals surface area contributed by atoms with Crippen LogP contribution in [0.4, 0.5) is 0 Å². The van der Waals surface area contributed by atoms with Crippen LogP contribution in [0.1, 0.15) is 31.7 Å². The monoisotopic (exact) mass is 359 g/mol. The molecule has 1 unspecified atom stereocenters. The van der Waals surface area contributed by atoms with Gasteiger partial charge in [0.2, 0.25) is 5.91 Å². The van der Waals surface area contributed by atoms with Gasteiger partial charge in [0.15, 0.2) is 0 Å². The Balaban J connectivity index is 2.31. The number of hydrogen-bond donors (Lipinski definition) is 0. The molecule has 20 heavy (non-hydrogen) atoms. The zero-order valence-electron chi connectivity index (χ0n) is 11.6. The Morgan fingerprint density at radius 2 is 2.10 bits per heavy atom. The Morgan fingerprint density at radius 1 is 1.40 bits per heavy atom. The van der Waals surface area contributed by atoms with Gasteiger partial charge in [0.25, 0.3) is 10.0 Å². The molecule has 1 aliphatic heterocycles. The third-order valence-corrected chi connectivity index (χ3v) is 6.25. The largest absolute Gasteiger partial charge is 0.274 e. The highest BCUT2D eigenvalue weighted by molar-refractivity contribution is 9.10. The van der Waals surface area contributed by atoms with Crippen LogP contribution in [0, 0.1) is 12.8 Å². The second-order valence-electron chi connectivity index (χ2n) is 5.20. The fourth-order valence-corrected chi connectivity index (χ4v) is 4.30. The van der Waals surface area contributed by atoms with Crippen LogP contribution in [0.2, 0.25) is 0 Å². The van der Waals surface area contributed by atoms with Gasteiger partial charge in [0, 0.05) is 17.4 Å². The lowest BCUT2D eigenvalue weighted by atomic mass is 10.0. The summed E-state index contributed by atoms with van der Waals surface area (Å²) < 4.78 is 27.0. The van der Waals surface area contributed by atoms with Gasteiger partial charge in [0.05, 0.1) is 4.90 Å². The fraction of sp³-hybridized carbons (Fsp3) is 0.500. The van der Waals surface area contributed by atoms with Crippen molar-refractivity contribution in [2.24, 2.45) is 5.92 Å². The molecule has 0 N–H and O–H groups in total. The third-order valence-electron chi connectivity index (χ3n) is 3.58. The van der Waals surface area contributed by atoms with E-state index >= 15 is 0 Å². The quantitative estimate of drug-likeness (QED) is 0.829. The van der Waals surface area contributed by atoms with Crippen LogP contribution in [0.25, 0.3) is 0 Å². The summed E-state index contributed by atoms with van der Waals surface area (Å²) >= 11 is 3.35. The second kappa shape index (κ2) is 5.85. The standard InChI is InChI=1S/C14H18BrNO3S/c1-3-4-11-8-14(17)16(9-11)20(18,19)12-5-6-13(15)10(2)7-12/h5-7,11H,3-4,8-9H2,1-2H3. The van der Waals surface area contributed by atoms with Gasteiger partial charge in [-0.2, -0.15) is 0 Å². The lowest BCUT2D eigenvalue weighted by Crippen LogP contribution is -2.32. The van der Waals surface area contributed by atoms with Gasteiger partial charge in [-0.25, -0.2) is 12.7 Å². The molecule has 110 valence electrons. The van der Waals surface area contributed by atoms with Gasteiger partial charge in [-0.1, -0.05) is 29.3 Å². The maximum atomic E-state index is 12.5. The van der Waals surface area contributed by atoms with Crippen molar-refractivity contribution in [3.63, 3.8) is 0 Å². The molecule has 1 aromatic rings. The first-order valence-electron chi connectivity index (χ1n) is 6.68. The third kappa shape index (κ3) is 2.91. The van der Waals surface area contributed by atoms with E-state index < -0.39 is 10.0 Å². The zero-order valence-corrected chi connectivity index (χ0v) is 14.0. The van der Waals surface area contributed by atoms with Crippen LogP contribution >= 0.6 is 15.9 Å². The van der Waals surface area contributed by atoms with Crippen LogP contribution in [-0.2, 0) is 14.8 Å². The molecule has 1 heterocycles. The Kier molecular flexibility index (Phi) is 4.54. The van der Waals surface area contributed by atoms with E-state index in [0.717, 1.165) is 27.2 Å². The molecule has 4 nitrogen and oxygen atoms in total. The summed E-state index contributed by atoms with van der Waals surface area (Å²) in [5, 5.41) is 0. The molecular formula is C14H18BrNO3S. The molecule has 1 aliphatic rings. The van der Waals surface area contributed by atoms with Crippen molar-refractivity contribution in [1.82, 2.24) is 4.31 Å². The molecular weight excluding hydrogens is 342 g/mol. The lowest BCUT2D eigenvalue weighted by Gasteiger charge is -2.17. The highest BCUT2D eigenvalue weighted by Crippen LogP contribution is 2.29. The zero-order chi connectivity index (χ0) is 14.9. The fourth-order valence-electron chi connectivity index (χ4n) is 2.49. The lowest BCUT2D eigenvalue weighted by molar-refractivity contribution is -0.123. The Morgan fingerprint density at radius 3 is 2.70 bits per heavy atom. The minimum Gasteiger partial charge on any atom is -0.274 e. The Hall–Kier alpha value is -0.880. The van der Waals surface area contributed by atoms with Crippen molar-refractivity contribution in [2.75, 3.05) is 6.54 Å². The van der Waals surface area contributed by atoms with E-state index in [9.17, 15) is 13.2 Å². The van der Waals surface area contributed by atoms with Crippen LogP contribution in [0.5, 0.6) is 0 Å². The van der Waals surface area contributed by atoms with Crippen molar-refractivity contribution in [1.29, 1.82) is 0 Å². The average molecular weight is 360 g/mol. The van der Waals surface area contributed by atoms with Crippen molar-refractivity contribution in [2.45, 2.75) is 38.0 Å². The summed E-state index contributed by atoms with van der Waals surface area (Å²) in [4.78, 5) is 12.2. The maximum Gasteiger partial charge on any atom is 0.266 e. The van der Waals surface area contributed by atoms with E-state index in [0.29, 0.717) is 13.0 Å². The molecule has 0 spiro atoms. The molecule has 6 heteroatoms. The molecule has 1 saturated heterocycles. The number of benzene rings is 1. The first-order valence-corrected chi connectivity index (χ1v) is 8.91. The molecule has 0 aliphatic carbocycles. The Bertz CT molecular complexity index is 627. The summed E-state index contributed by atoms with van der Waals surface area (Å²) in [5.74, 6) is -0.136. The van der Waals surface area contributed by atoms with Crippen molar-refractivity contribution in [3.8, 4) is 0 Å². The summed E-state index contributed by atoms with van der Waals surface area (Å²) in [6.07, 6.45) is 2.18. The maximum absolute atomic E-state index is 12.5. The number of halogens is 1. The summed E-state index contributed by atoms with van der Waals surface area (Å²) in [7, 11) is -3.72.